The van der Waals surface area contributed by atoms with Crippen molar-refractivity contribution in [3.8, 4) is 57.8 Å². The highest BCUT2D eigenvalue weighted by Gasteiger charge is 2.59. The summed E-state index contributed by atoms with van der Waals surface area (Å²) >= 11 is 7.02. The lowest BCUT2D eigenvalue weighted by atomic mass is 9.90. The van der Waals surface area contributed by atoms with Gasteiger partial charge in [0.1, 0.15) is 64.5 Å². The van der Waals surface area contributed by atoms with Crippen LogP contribution in [0.15, 0.2) is 91.7 Å². The number of methoxy groups -OCH3 is 3. The fraction of sp³-hybridized carbons (Fsp3) is 0.460. The summed E-state index contributed by atoms with van der Waals surface area (Å²) < 4.78 is 78.9. The minimum atomic E-state index is -2.20. The Bertz CT molecular complexity index is 3190. The van der Waals surface area contributed by atoms with Crippen molar-refractivity contribution in [2.75, 3.05) is 54.5 Å². The lowest BCUT2D eigenvalue weighted by molar-refractivity contribution is -0.178. The number of esters is 1. The summed E-state index contributed by atoms with van der Waals surface area (Å²) in [5, 5.41) is 16.4. The molecule has 2 N–H and O–H groups in total. The topological polar surface area (TPSA) is 216 Å². The molecule has 19 nitrogen and oxygen atoms in total. The van der Waals surface area contributed by atoms with Crippen LogP contribution in [0, 0.1) is 23.3 Å². The first-order chi connectivity index (χ1) is 40.2. The highest BCUT2D eigenvalue weighted by atomic mass is 35.5. The van der Waals surface area contributed by atoms with Gasteiger partial charge >= 0.3 is 12.1 Å². The molecule has 4 aliphatic rings. The number of nitrogens with one attached hydrogen (secondary N) is 1. The number of aromatic nitrogens is 1. The van der Waals surface area contributed by atoms with E-state index >= 15 is 0 Å². The molecule has 450 valence electrons. The van der Waals surface area contributed by atoms with Crippen molar-refractivity contribution < 1.29 is 81.1 Å². The number of hydrogen-bond acceptors (Lipinski definition) is 18. The van der Waals surface area contributed by atoms with Gasteiger partial charge in [-0.15, -0.1) is 11.5 Å². The maximum atomic E-state index is 15.0. The Labute approximate surface area is 497 Å². The Morgan fingerprint density at radius 1 is 0.988 bits per heavy atom. The molecule has 0 saturated carbocycles. The van der Waals surface area contributed by atoms with Gasteiger partial charge in [0.05, 0.1) is 82.0 Å². The number of pyridine rings is 1. The van der Waals surface area contributed by atoms with Crippen molar-refractivity contribution in [3.63, 3.8) is 0 Å². The average Bonchev–Trinajstić information content (AvgIpc) is 2.86. The summed E-state index contributed by atoms with van der Waals surface area (Å²) in [6.07, 6.45) is -0.604. The van der Waals surface area contributed by atoms with E-state index in [0.29, 0.717) is 28.0 Å². The first kappa shape index (κ1) is 64.3. The monoisotopic (exact) mass is 1190 g/mol. The predicted molar refractivity (Wildman–Crippen MR) is 316 cm³/mol. The summed E-state index contributed by atoms with van der Waals surface area (Å²) in [6, 6.07) is 14.9. The van der Waals surface area contributed by atoms with Crippen LogP contribution < -0.4 is 33.7 Å². The fourth-order valence-corrected chi connectivity index (χ4v) is 12.6. The lowest BCUT2D eigenvalue weighted by Gasteiger charge is -2.34. The second kappa shape index (κ2) is 28.5. The number of fused-ring (bicyclic) bond motifs is 10. The molecule has 84 heavy (non-hydrogen) atoms. The summed E-state index contributed by atoms with van der Waals surface area (Å²) in [5.74, 6) is 8.69. The zero-order valence-electron chi connectivity index (χ0n) is 49.3. The van der Waals surface area contributed by atoms with Gasteiger partial charge in [-0.2, -0.15) is 0 Å². The molecule has 4 heterocycles. The molecule has 3 aliphatic heterocycles. The molecule has 4 aromatic rings. The Morgan fingerprint density at radius 3 is 2.33 bits per heavy atom. The molecule has 8 rings (SSSR count). The third-order valence-electron chi connectivity index (χ3n) is 14.7. The number of hydrogen-bond donors (Lipinski definition) is 2. The standard InChI is InChI=1S/C63H75ClN2O17Si/c1-13-26-75-50-29-42-30-51(80-40(6)7)57(73-12)56(72-11)45(42)32-46(50)59(69)66-49-34-55(67)77-37-54(78-39-74-36-41-19-21-44(71-10)22-20-41)62(82-60(70)76-27-14-2,24-18-28-84(15-3,16-4)17-5)25-23-43-31-52(81-53-35-65-48(49)33-47(53)64)58(68)63(43)38-79-61(8,9)83-63/h13-14,19-22,29-33,35,40,49,52,54,58,68H,1-2,15-17,24,26-27,34,36-39H2,3-12H3,(H,66,69)/t49-,52+,54-,58-,62-,63+/m1/s1. The smallest absolute Gasteiger partial charge is 0.497 e. The third kappa shape index (κ3) is 15.0. The number of aliphatic hydroxyl groups is 1. The molecular formula is C63H75ClN2O17Si. The van der Waals surface area contributed by atoms with Crippen molar-refractivity contribution >= 4 is 48.5 Å². The SMILES string of the molecule is C=CCOC(=O)O[C@]1(CC#C[Si](CC)(CC)CC)C#CC2=C[C@H](Oc3cnc(cc3Cl)[C@H](NC(=O)c3cc4c(OC)c(OC)c(OC(C)C)cc4cc3OCC=C)CC(=O)OC[C@H]1OCOCc1ccc(OC)cc1)[C@@H](O)[C@]21COC(C)(C)O1. The number of carbonyl (C=O) groups is 3. The van der Waals surface area contributed by atoms with Crippen molar-refractivity contribution in [1.29, 1.82) is 0 Å². The van der Waals surface area contributed by atoms with Crippen molar-refractivity contribution in [2.24, 2.45) is 0 Å². The highest BCUT2D eigenvalue weighted by Crippen LogP contribution is 2.47. The van der Waals surface area contributed by atoms with E-state index in [1.807, 2.05) is 26.0 Å². The van der Waals surface area contributed by atoms with E-state index in [1.165, 1.54) is 38.6 Å². The van der Waals surface area contributed by atoms with Crippen LogP contribution in [0.2, 0.25) is 23.2 Å². The molecule has 1 saturated heterocycles. The van der Waals surface area contributed by atoms with Crippen molar-refractivity contribution in [3.05, 3.63) is 114 Å². The van der Waals surface area contributed by atoms with Crippen LogP contribution in [-0.2, 0) is 44.6 Å². The van der Waals surface area contributed by atoms with E-state index in [9.17, 15) is 19.5 Å². The largest absolute Gasteiger partial charge is 0.510 e. The van der Waals surface area contributed by atoms with Gasteiger partial charge in [-0.05, 0) is 105 Å². The zero-order valence-corrected chi connectivity index (χ0v) is 51.1. The van der Waals surface area contributed by atoms with Crippen LogP contribution in [0.3, 0.4) is 0 Å². The van der Waals surface area contributed by atoms with E-state index in [4.69, 9.17) is 73.2 Å². The highest BCUT2D eigenvalue weighted by molar-refractivity contribution is 6.87. The molecule has 1 spiro atoms. The van der Waals surface area contributed by atoms with E-state index in [0.717, 1.165) is 23.7 Å². The molecule has 6 atom stereocenters. The molecule has 1 fully saturated rings. The van der Waals surface area contributed by atoms with E-state index in [2.05, 4.69) is 67.5 Å². The summed E-state index contributed by atoms with van der Waals surface area (Å²) in [4.78, 5) is 48.4. The molecule has 1 amide bonds. The molecular weight excluding hydrogens is 1120 g/mol. The lowest BCUT2D eigenvalue weighted by Crippen LogP contribution is -2.51. The Kier molecular flexibility index (Phi) is 21.8. The van der Waals surface area contributed by atoms with Crippen LogP contribution in [0.1, 0.15) is 89.0 Å². The Hall–Kier alpha value is -7.27. The first-order valence-corrected chi connectivity index (χ1v) is 30.7. The van der Waals surface area contributed by atoms with Gasteiger partial charge in [-0.25, -0.2) is 4.79 Å². The number of nitrogens with zero attached hydrogens (tertiary/aromatic N) is 1. The maximum absolute atomic E-state index is 15.0. The molecule has 0 unspecified atom stereocenters. The molecule has 21 heteroatoms. The van der Waals surface area contributed by atoms with E-state index in [-0.39, 0.29) is 78.1 Å². The number of benzene rings is 3. The molecule has 0 radical (unpaired) electrons. The van der Waals surface area contributed by atoms with Crippen molar-refractivity contribution in [1.82, 2.24) is 10.3 Å². The van der Waals surface area contributed by atoms with Gasteiger partial charge in [0.25, 0.3) is 5.91 Å². The van der Waals surface area contributed by atoms with Crippen LogP contribution in [0.25, 0.3) is 10.8 Å². The normalized spacial score (nSPS) is 21.8. The maximum Gasteiger partial charge on any atom is 0.510 e. The van der Waals surface area contributed by atoms with Crippen LogP contribution >= 0.6 is 11.6 Å². The number of amides is 1. The van der Waals surface area contributed by atoms with Gasteiger partial charge in [0.2, 0.25) is 11.4 Å². The Morgan fingerprint density at radius 2 is 1.70 bits per heavy atom. The number of aliphatic hydroxyl groups excluding tert-OH is 1. The number of ether oxygens (including phenoxy) is 13. The quantitative estimate of drug-likeness (QED) is 0.0187. The van der Waals surface area contributed by atoms with Gasteiger partial charge in [0, 0.05) is 11.0 Å². The number of carbonyl (C=O) groups excluding carboxylic acids is 3. The zero-order chi connectivity index (χ0) is 60.8. The summed E-state index contributed by atoms with van der Waals surface area (Å²) in [5.41, 5.74) is 0.903. The van der Waals surface area contributed by atoms with E-state index < -0.39 is 87.3 Å². The van der Waals surface area contributed by atoms with Gasteiger partial charge in [0.15, 0.2) is 28.6 Å². The Balaban J connectivity index is 1.38. The fourth-order valence-electron chi connectivity index (χ4n) is 9.93. The molecule has 3 aromatic carbocycles. The van der Waals surface area contributed by atoms with Gasteiger partial charge in [-0.3, -0.25) is 14.6 Å². The molecule has 4 bridgehead atoms. The average molecular weight is 1200 g/mol. The second-order valence-corrected chi connectivity index (χ2v) is 26.2. The van der Waals surface area contributed by atoms with Crippen LogP contribution in [-0.4, -0.2) is 132 Å². The minimum Gasteiger partial charge on any atom is -0.497 e. The number of halogens is 1. The molecule has 1 aliphatic carbocycles. The van der Waals surface area contributed by atoms with E-state index in [1.54, 1.807) is 57.4 Å². The predicted octanol–water partition coefficient (Wildman–Crippen LogP) is 10.3. The first-order valence-electron chi connectivity index (χ1n) is 27.7. The molecule has 1 aromatic heterocycles. The van der Waals surface area contributed by atoms with Crippen molar-refractivity contribution in [2.45, 2.75) is 133 Å². The van der Waals surface area contributed by atoms with Gasteiger partial charge < -0.3 is 72.0 Å². The van der Waals surface area contributed by atoms with Crippen LogP contribution in [0.4, 0.5) is 4.79 Å². The van der Waals surface area contributed by atoms with Crippen LogP contribution in [0.5, 0.6) is 34.5 Å². The van der Waals surface area contributed by atoms with Gasteiger partial charge in [-0.1, -0.05) is 75.7 Å². The minimum absolute atomic E-state index is 0.00463. The summed E-state index contributed by atoms with van der Waals surface area (Å²) in [6.45, 7) is 19.5. The number of rotatable bonds is 22. The third-order valence-corrected chi connectivity index (χ3v) is 19.7. The summed E-state index contributed by atoms with van der Waals surface area (Å²) in [7, 11) is 2.32. The second-order valence-electron chi connectivity index (χ2n) is 20.9.